The molecular formula is C12H19N3O. The molecule has 16 heavy (non-hydrogen) atoms. The normalized spacial score (nSPS) is 24.6. The molecule has 1 saturated heterocycles. The topological polar surface area (TPSA) is 49.8 Å². The quantitative estimate of drug-likeness (QED) is 0.776. The van der Waals surface area contributed by atoms with Gasteiger partial charge in [-0.2, -0.15) is 0 Å². The molecule has 0 bridgehead atoms. The Balaban J connectivity index is 1.84. The first-order valence-corrected chi connectivity index (χ1v) is 6.38. The number of nitrogens with zero attached hydrogens (tertiary/aromatic N) is 1. The molecule has 1 aromatic rings. The third kappa shape index (κ3) is 1.71. The molecule has 0 saturated carbocycles. The fraction of sp³-hybridized carbons (Fsp3) is 0.750. The van der Waals surface area contributed by atoms with E-state index in [9.17, 15) is 4.79 Å². The van der Waals surface area contributed by atoms with Gasteiger partial charge in [0.25, 0.3) is 5.56 Å². The number of rotatable bonds is 2. The van der Waals surface area contributed by atoms with Crippen LogP contribution in [-0.4, -0.2) is 22.4 Å². The van der Waals surface area contributed by atoms with Crippen molar-refractivity contribution in [2.75, 3.05) is 6.54 Å². The van der Waals surface area contributed by atoms with E-state index in [2.05, 4.69) is 10.4 Å². The zero-order chi connectivity index (χ0) is 11.0. The SMILES string of the molecule is O=c1c2c([nH]n1CC1CCCN1)CCCC2. The van der Waals surface area contributed by atoms with E-state index in [1.165, 1.54) is 31.4 Å². The highest BCUT2D eigenvalue weighted by molar-refractivity contribution is 5.20. The molecule has 2 aliphatic rings. The molecule has 0 spiro atoms. The monoisotopic (exact) mass is 221 g/mol. The van der Waals surface area contributed by atoms with Crippen LogP contribution in [0.5, 0.6) is 0 Å². The molecule has 4 nitrogen and oxygen atoms in total. The van der Waals surface area contributed by atoms with Crippen molar-refractivity contribution in [2.45, 2.75) is 51.1 Å². The number of aryl methyl sites for hydroxylation is 1. The summed E-state index contributed by atoms with van der Waals surface area (Å²) < 4.78 is 1.82. The van der Waals surface area contributed by atoms with Gasteiger partial charge in [-0.15, -0.1) is 0 Å². The molecule has 1 aliphatic heterocycles. The fourth-order valence-electron chi connectivity index (χ4n) is 2.90. The van der Waals surface area contributed by atoms with Crippen LogP contribution in [-0.2, 0) is 19.4 Å². The summed E-state index contributed by atoms with van der Waals surface area (Å²) in [6.07, 6.45) is 6.83. The minimum Gasteiger partial charge on any atom is -0.312 e. The van der Waals surface area contributed by atoms with Crippen molar-refractivity contribution in [3.05, 3.63) is 21.6 Å². The lowest BCUT2D eigenvalue weighted by atomic mass is 9.98. The van der Waals surface area contributed by atoms with Crippen LogP contribution in [0.2, 0.25) is 0 Å². The van der Waals surface area contributed by atoms with Gasteiger partial charge >= 0.3 is 0 Å². The molecule has 1 aliphatic carbocycles. The van der Waals surface area contributed by atoms with Crippen LogP contribution >= 0.6 is 0 Å². The molecule has 0 radical (unpaired) electrons. The number of hydrogen-bond donors (Lipinski definition) is 2. The first kappa shape index (κ1) is 10.1. The van der Waals surface area contributed by atoms with Gasteiger partial charge in [-0.25, -0.2) is 0 Å². The van der Waals surface area contributed by atoms with E-state index >= 15 is 0 Å². The van der Waals surface area contributed by atoms with Crippen molar-refractivity contribution in [3.63, 3.8) is 0 Å². The molecule has 1 unspecified atom stereocenters. The summed E-state index contributed by atoms with van der Waals surface area (Å²) in [5.41, 5.74) is 2.46. The molecule has 0 aromatic carbocycles. The van der Waals surface area contributed by atoms with Crippen LogP contribution in [0.3, 0.4) is 0 Å². The summed E-state index contributed by atoms with van der Waals surface area (Å²) in [6.45, 7) is 1.91. The fourth-order valence-corrected chi connectivity index (χ4v) is 2.90. The molecule has 1 atom stereocenters. The maximum absolute atomic E-state index is 12.1. The van der Waals surface area contributed by atoms with Gasteiger partial charge in [-0.05, 0) is 45.1 Å². The molecule has 2 heterocycles. The number of fused-ring (bicyclic) bond motifs is 1. The summed E-state index contributed by atoms with van der Waals surface area (Å²) in [5.74, 6) is 0. The zero-order valence-electron chi connectivity index (χ0n) is 9.59. The summed E-state index contributed by atoms with van der Waals surface area (Å²) in [7, 11) is 0. The van der Waals surface area contributed by atoms with Crippen molar-refractivity contribution in [1.82, 2.24) is 15.1 Å². The van der Waals surface area contributed by atoms with Gasteiger partial charge in [-0.3, -0.25) is 14.6 Å². The molecule has 1 fully saturated rings. The minimum absolute atomic E-state index is 0.225. The van der Waals surface area contributed by atoms with Gasteiger partial charge in [0.1, 0.15) is 0 Å². The minimum atomic E-state index is 0.225. The smallest absolute Gasteiger partial charge is 0.269 e. The van der Waals surface area contributed by atoms with Crippen molar-refractivity contribution in [3.8, 4) is 0 Å². The number of aromatic nitrogens is 2. The molecular weight excluding hydrogens is 202 g/mol. The van der Waals surface area contributed by atoms with Gasteiger partial charge in [0.2, 0.25) is 0 Å². The molecule has 3 rings (SSSR count). The Morgan fingerprint density at radius 3 is 2.88 bits per heavy atom. The van der Waals surface area contributed by atoms with E-state index in [1.54, 1.807) is 0 Å². The van der Waals surface area contributed by atoms with Gasteiger partial charge in [0.15, 0.2) is 0 Å². The lowest BCUT2D eigenvalue weighted by Gasteiger charge is -2.09. The Hall–Kier alpha value is -1.03. The predicted octanol–water partition coefficient (Wildman–Crippen LogP) is 0.807. The van der Waals surface area contributed by atoms with E-state index in [1.807, 2.05) is 4.68 Å². The van der Waals surface area contributed by atoms with Gasteiger partial charge < -0.3 is 5.32 Å². The average molecular weight is 221 g/mol. The Labute approximate surface area is 95.0 Å². The molecule has 0 amide bonds. The van der Waals surface area contributed by atoms with E-state index in [-0.39, 0.29) is 5.56 Å². The maximum atomic E-state index is 12.1. The van der Waals surface area contributed by atoms with Crippen LogP contribution in [0.1, 0.15) is 36.9 Å². The van der Waals surface area contributed by atoms with Gasteiger partial charge in [-0.1, -0.05) is 0 Å². The lowest BCUT2D eigenvalue weighted by molar-refractivity contribution is 0.464. The molecule has 1 aromatic heterocycles. The first-order valence-electron chi connectivity index (χ1n) is 6.38. The van der Waals surface area contributed by atoms with Crippen molar-refractivity contribution < 1.29 is 0 Å². The Morgan fingerprint density at radius 1 is 1.25 bits per heavy atom. The van der Waals surface area contributed by atoms with E-state index in [0.29, 0.717) is 6.04 Å². The average Bonchev–Trinajstić information content (AvgIpc) is 2.90. The first-order chi connectivity index (χ1) is 7.84. The van der Waals surface area contributed by atoms with Crippen LogP contribution in [0.25, 0.3) is 0 Å². The van der Waals surface area contributed by atoms with Crippen LogP contribution in [0, 0.1) is 0 Å². The molecule has 88 valence electrons. The summed E-state index contributed by atoms with van der Waals surface area (Å²) >= 11 is 0. The second kappa shape index (κ2) is 4.09. The van der Waals surface area contributed by atoms with Crippen LogP contribution in [0.15, 0.2) is 4.79 Å². The highest BCUT2D eigenvalue weighted by Crippen LogP contribution is 2.16. The largest absolute Gasteiger partial charge is 0.312 e. The van der Waals surface area contributed by atoms with Crippen molar-refractivity contribution in [1.29, 1.82) is 0 Å². The van der Waals surface area contributed by atoms with Crippen LogP contribution in [0.4, 0.5) is 0 Å². The Bertz CT molecular complexity index is 426. The van der Waals surface area contributed by atoms with E-state index in [0.717, 1.165) is 31.5 Å². The molecule has 4 heteroatoms. The maximum Gasteiger partial charge on any atom is 0.269 e. The van der Waals surface area contributed by atoms with E-state index in [4.69, 9.17) is 0 Å². The summed E-state index contributed by atoms with van der Waals surface area (Å²) in [6, 6.07) is 0.484. The third-order valence-corrected chi connectivity index (χ3v) is 3.81. The number of H-pyrrole nitrogens is 1. The van der Waals surface area contributed by atoms with Gasteiger partial charge in [0.05, 0.1) is 6.54 Å². The van der Waals surface area contributed by atoms with Gasteiger partial charge in [0, 0.05) is 17.3 Å². The predicted molar refractivity (Wildman–Crippen MR) is 62.7 cm³/mol. The number of aromatic amines is 1. The van der Waals surface area contributed by atoms with E-state index < -0.39 is 0 Å². The summed E-state index contributed by atoms with van der Waals surface area (Å²) in [4.78, 5) is 12.1. The zero-order valence-corrected chi connectivity index (χ0v) is 9.59. The van der Waals surface area contributed by atoms with Crippen LogP contribution < -0.4 is 10.9 Å². The molecule has 2 N–H and O–H groups in total. The highest BCUT2D eigenvalue weighted by Gasteiger charge is 2.20. The van der Waals surface area contributed by atoms with Crippen molar-refractivity contribution >= 4 is 0 Å². The third-order valence-electron chi connectivity index (χ3n) is 3.81. The standard InChI is InChI=1S/C12H19N3O/c16-12-10-5-1-2-6-11(10)14-15(12)8-9-4-3-7-13-9/h9,13-14H,1-8H2. The lowest BCUT2D eigenvalue weighted by Crippen LogP contribution is -2.32. The van der Waals surface area contributed by atoms with Crippen molar-refractivity contribution in [2.24, 2.45) is 0 Å². The Kier molecular flexibility index (Phi) is 2.59. The Morgan fingerprint density at radius 2 is 2.12 bits per heavy atom. The second-order valence-electron chi connectivity index (χ2n) is 4.99. The number of nitrogens with one attached hydrogen (secondary N) is 2. The highest BCUT2D eigenvalue weighted by atomic mass is 16.1. The second-order valence-corrected chi connectivity index (χ2v) is 4.99. The summed E-state index contributed by atoms with van der Waals surface area (Å²) in [5, 5.41) is 6.73. The number of hydrogen-bond acceptors (Lipinski definition) is 2.